The van der Waals surface area contributed by atoms with E-state index < -0.39 is 0 Å². The van der Waals surface area contributed by atoms with Gasteiger partial charge >= 0.3 is 0 Å². The van der Waals surface area contributed by atoms with E-state index in [4.69, 9.17) is 9.72 Å². The first-order valence-corrected chi connectivity index (χ1v) is 24.4. The summed E-state index contributed by atoms with van der Waals surface area (Å²) in [5.74, 6) is 1.15. The van der Waals surface area contributed by atoms with Gasteiger partial charge in [-0.25, -0.2) is 4.98 Å². The van der Waals surface area contributed by atoms with Crippen molar-refractivity contribution in [2.75, 3.05) is 9.80 Å². The van der Waals surface area contributed by atoms with Gasteiger partial charge in [-0.05, 0) is 68.2 Å². The van der Waals surface area contributed by atoms with Crippen molar-refractivity contribution in [3.8, 4) is 44.9 Å². The molecular formula is C67H43N4OPt-3. The summed E-state index contributed by atoms with van der Waals surface area (Å²) >= 11 is 0. The summed E-state index contributed by atoms with van der Waals surface area (Å²) in [7, 11) is 0. The maximum Gasteiger partial charge on any atom is 0.143 e. The molecule has 0 atom stereocenters. The molecule has 0 bridgehead atoms. The van der Waals surface area contributed by atoms with Crippen LogP contribution in [0.5, 0.6) is 11.5 Å². The summed E-state index contributed by atoms with van der Waals surface area (Å²) in [4.78, 5) is 9.98. The predicted molar refractivity (Wildman–Crippen MR) is 298 cm³/mol. The van der Waals surface area contributed by atoms with E-state index in [9.17, 15) is 0 Å². The van der Waals surface area contributed by atoms with Gasteiger partial charge in [0.25, 0.3) is 0 Å². The van der Waals surface area contributed by atoms with Crippen LogP contribution in [0.2, 0.25) is 0 Å². The number of benzene rings is 10. The zero-order chi connectivity index (χ0) is 47.7. The molecule has 4 heterocycles. The Morgan fingerprint density at radius 3 is 1.58 bits per heavy atom. The molecule has 14 rings (SSSR count). The van der Waals surface area contributed by atoms with Crippen molar-refractivity contribution >= 4 is 82.5 Å². The third-order valence-corrected chi connectivity index (χ3v) is 14.3. The molecule has 6 heteroatoms. The van der Waals surface area contributed by atoms with Gasteiger partial charge in [0.15, 0.2) is 0 Å². The van der Waals surface area contributed by atoms with E-state index in [-0.39, 0.29) is 21.1 Å². The first kappa shape index (κ1) is 44.2. The fourth-order valence-corrected chi connectivity index (χ4v) is 11.1. The van der Waals surface area contributed by atoms with E-state index in [2.05, 4.69) is 252 Å². The van der Waals surface area contributed by atoms with Gasteiger partial charge < -0.3 is 18.9 Å². The molecule has 10 aromatic carbocycles. The topological polar surface area (TPSA) is 33.0 Å². The summed E-state index contributed by atoms with van der Waals surface area (Å²) in [5.41, 5.74) is 14.8. The van der Waals surface area contributed by atoms with Crippen molar-refractivity contribution in [3.05, 3.63) is 261 Å². The van der Waals surface area contributed by atoms with Crippen LogP contribution >= 0.6 is 0 Å². The number of aryl methyl sites for hydroxylation is 1. The zero-order valence-electron chi connectivity index (χ0n) is 39.6. The van der Waals surface area contributed by atoms with E-state index in [1.54, 1.807) is 0 Å². The van der Waals surface area contributed by atoms with E-state index in [1.807, 2.05) is 24.4 Å². The fraction of sp³-hybridized carbons (Fsp3) is 0.0149. The number of para-hydroxylation sites is 4. The molecular weight excluding hydrogens is 1070 g/mol. The largest absolute Gasteiger partial charge is 0.509 e. The van der Waals surface area contributed by atoms with Crippen LogP contribution in [0.4, 0.5) is 22.7 Å². The Labute approximate surface area is 437 Å². The summed E-state index contributed by atoms with van der Waals surface area (Å²) < 4.78 is 9.19. The van der Waals surface area contributed by atoms with Gasteiger partial charge in [0.1, 0.15) is 5.65 Å². The van der Waals surface area contributed by atoms with Crippen molar-refractivity contribution < 1.29 is 25.8 Å². The zero-order valence-corrected chi connectivity index (χ0v) is 41.9. The minimum absolute atomic E-state index is 0. The molecule has 0 amide bonds. The smallest absolute Gasteiger partial charge is 0.143 e. The molecule has 350 valence electrons. The number of hydrogen-bond acceptors (Lipinski definition) is 4. The van der Waals surface area contributed by atoms with Gasteiger partial charge in [0.05, 0.1) is 0 Å². The van der Waals surface area contributed by atoms with E-state index in [0.29, 0.717) is 11.5 Å². The van der Waals surface area contributed by atoms with Crippen LogP contribution in [-0.4, -0.2) is 9.38 Å². The van der Waals surface area contributed by atoms with E-state index >= 15 is 0 Å². The molecule has 0 unspecified atom stereocenters. The molecule has 1 aliphatic heterocycles. The summed E-state index contributed by atoms with van der Waals surface area (Å²) in [6.45, 7) is 4.42. The number of aromatic nitrogens is 2. The number of fused-ring (bicyclic) bond motifs is 11. The van der Waals surface area contributed by atoms with Crippen molar-refractivity contribution in [3.63, 3.8) is 0 Å². The Balaban J connectivity index is 0.00000516. The van der Waals surface area contributed by atoms with Crippen LogP contribution in [0.15, 0.2) is 237 Å². The second-order valence-electron chi connectivity index (χ2n) is 18.4. The van der Waals surface area contributed by atoms with Gasteiger partial charge in [-0.15, -0.1) is 48.1 Å². The SMILES string of the molecule is Cc1c(-c2ccccc2)cnc2c1c1ccccc1c1ccccc1c1cccc3c4ccc(Oc5[c-]c(N6[CH-]N(c7c(-c8ccccc8)cccc7-c7ccccc7)c7ccccc76)ccc5)[c-]c4n2c13.[Pt]. The molecule has 0 fully saturated rings. The number of hydrogen-bond donors (Lipinski definition) is 0. The predicted octanol–water partition coefficient (Wildman–Crippen LogP) is 17.8. The second-order valence-corrected chi connectivity index (χ2v) is 18.4. The van der Waals surface area contributed by atoms with Crippen molar-refractivity contribution in [1.29, 1.82) is 0 Å². The molecule has 0 N–H and O–H groups in total. The van der Waals surface area contributed by atoms with Crippen molar-refractivity contribution in [2.45, 2.75) is 6.92 Å². The molecule has 0 radical (unpaired) electrons. The molecule has 5 nitrogen and oxygen atoms in total. The Morgan fingerprint density at radius 2 is 0.918 bits per heavy atom. The number of ether oxygens (including phenoxy) is 1. The van der Waals surface area contributed by atoms with Gasteiger partial charge in [0.2, 0.25) is 0 Å². The number of pyridine rings is 1. The normalized spacial score (nSPS) is 12.2. The van der Waals surface area contributed by atoms with Crippen molar-refractivity contribution in [2.24, 2.45) is 0 Å². The molecule has 0 spiro atoms. The van der Waals surface area contributed by atoms with Gasteiger partial charge in [-0.2, -0.15) is 12.1 Å². The summed E-state index contributed by atoms with van der Waals surface area (Å²) in [5, 5.41) is 9.02. The average Bonchev–Trinajstić information content (AvgIpc) is 4.00. The van der Waals surface area contributed by atoms with Crippen LogP contribution in [0.25, 0.3) is 93.2 Å². The maximum absolute atomic E-state index is 6.87. The third kappa shape index (κ3) is 7.30. The molecule has 0 saturated carbocycles. The van der Waals surface area contributed by atoms with Gasteiger partial charge in [-0.3, -0.25) is 0 Å². The molecule has 0 aliphatic carbocycles. The average molecular weight is 1120 g/mol. The summed E-state index contributed by atoms with van der Waals surface area (Å²) in [6.07, 6.45) is 2.04. The van der Waals surface area contributed by atoms with Crippen LogP contribution in [0, 0.1) is 25.7 Å². The number of anilines is 4. The molecule has 1 aliphatic rings. The van der Waals surface area contributed by atoms with Crippen LogP contribution < -0.4 is 14.5 Å². The summed E-state index contributed by atoms with van der Waals surface area (Å²) in [6, 6.07) is 88.9. The number of nitrogens with zero attached hydrogens (tertiary/aromatic N) is 4. The minimum Gasteiger partial charge on any atom is -0.509 e. The maximum atomic E-state index is 6.87. The Morgan fingerprint density at radius 1 is 0.425 bits per heavy atom. The van der Waals surface area contributed by atoms with Crippen LogP contribution in [0.1, 0.15) is 5.56 Å². The standard InChI is InChI=1S/C67H43N4O.Pt/c1-44-60(47-24-9-4-10-25-47)42-68-67-64(44)57-31-14-13-29-54(57)53-28-11-12-30-55(53)58-34-19-35-59-56-39-38-50(41-63(56)71(67)66(58)59)72-49-27-17-26-48(40-49)69-43-70(62-37-16-15-36-61(62)69)65-51(45-20-5-2-6-21-45)32-18-33-52(65)46-22-7-3-8-23-46;/h2-39,42-43H,1H3;/q-3;. The third-order valence-electron chi connectivity index (χ3n) is 14.3. The minimum atomic E-state index is 0. The Kier molecular flexibility index (Phi) is 11.0. The monoisotopic (exact) mass is 1110 g/mol. The molecule has 0 saturated heterocycles. The Hall–Kier alpha value is -8.76. The number of rotatable bonds is 7. The first-order chi connectivity index (χ1) is 35.7. The molecule has 73 heavy (non-hydrogen) atoms. The van der Waals surface area contributed by atoms with Gasteiger partial charge in [-0.1, -0.05) is 194 Å². The molecule has 13 aromatic rings. The van der Waals surface area contributed by atoms with Gasteiger partial charge in [0, 0.05) is 88.8 Å². The molecule has 3 aromatic heterocycles. The fourth-order valence-electron chi connectivity index (χ4n) is 11.1. The van der Waals surface area contributed by atoms with Crippen molar-refractivity contribution in [1.82, 2.24) is 9.38 Å². The first-order valence-electron chi connectivity index (χ1n) is 24.4. The van der Waals surface area contributed by atoms with E-state index in [0.717, 1.165) is 116 Å². The van der Waals surface area contributed by atoms with Crippen LogP contribution in [-0.2, 0) is 21.1 Å². The quantitative estimate of drug-likeness (QED) is 0.149. The van der Waals surface area contributed by atoms with E-state index in [1.165, 1.54) is 5.39 Å². The van der Waals surface area contributed by atoms with Crippen LogP contribution in [0.3, 0.4) is 0 Å². The Bertz CT molecular complexity index is 4250. The second kappa shape index (κ2) is 18.1.